The van der Waals surface area contributed by atoms with Crippen molar-refractivity contribution in [3.05, 3.63) is 70.4 Å². The summed E-state index contributed by atoms with van der Waals surface area (Å²) in [5.41, 5.74) is 1.17. The van der Waals surface area contributed by atoms with Gasteiger partial charge in [-0.15, -0.1) is 0 Å². The van der Waals surface area contributed by atoms with Crippen LogP contribution < -0.4 is 5.32 Å². The van der Waals surface area contributed by atoms with Crippen LogP contribution in [0.5, 0.6) is 0 Å². The van der Waals surface area contributed by atoms with Crippen molar-refractivity contribution >= 4 is 57.8 Å². The Labute approximate surface area is 181 Å². The predicted molar refractivity (Wildman–Crippen MR) is 118 cm³/mol. The van der Waals surface area contributed by atoms with Gasteiger partial charge < -0.3 is 10.4 Å². The van der Waals surface area contributed by atoms with Crippen LogP contribution in [0.3, 0.4) is 0 Å². The zero-order chi connectivity index (χ0) is 21.7. The topological polar surface area (TPSA) is 86.7 Å². The van der Waals surface area contributed by atoms with Crippen LogP contribution in [0.4, 0.5) is 10.1 Å². The molecular formula is C21H17FN2O4S2. The molecule has 2 N–H and O–H groups in total. The fourth-order valence-electron chi connectivity index (χ4n) is 2.75. The number of thioether (sulfide) groups is 1. The first-order valence-electron chi connectivity index (χ1n) is 8.97. The highest BCUT2D eigenvalue weighted by atomic mass is 32.2. The van der Waals surface area contributed by atoms with Crippen molar-refractivity contribution in [2.24, 2.45) is 0 Å². The van der Waals surface area contributed by atoms with Gasteiger partial charge in [-0.3, -0.25) is 14.5 Å². The standard InChI is InChI=1S/C21H17FN2O4S2/c22-15-8-6-13(7-9-15)11-17-19(26)24(21(29)30-17)10-2-5-18(25)23-16-4-1-3-14(12-16)20(27)28/h1,3-4,6-9,11-12H,2,5,10H2,(H,23,25)(H,27,28)/b17-11-. The van der Waals surface area contributed by atoms with Crippen molar-refractivity contribution in [1.29, 1.82) is 0 Å². The van der Waals surface area contributed by atoms with Crippen LogP contribution in [-0.4, -0.2) is 38.7 Å². The van der Waals surface area contributed by atoms with E-state index in [2.05, 4.69) is 5.32 Å². The van der Waals surface area contributed by atoms with Gasteiger partial charge in [0, 0.05) is 18.7 Å². The van der Waals surface area contributed by atoms with Crippen molar-refractivity contribution in [2.75, 3.05) is 11.9 Å². The van der Waals surface area contributed by atoms with Gasteiger partial charge in [0.25, 0.3) is 5.91 Å². The number of aromatic carboxylic acids is 1. The van der Waals surface area contributed by atoms with E-state index >= 15 is 0 Å². The fraction of sp³-hybridized carbons (Fsp3) is 0.143. The lowest BCUT2D eigenvalue weighted by atomic mass is 10.2. The summed E-state index contributed by atoms with van der Waals surface area (Å²) in [5, 5.41) is 11.6. The van der Waals surface area contributed by atoms with E-state index in [9.17, 15) is 18.8 Å². The number of thiocarbonyl (C=S) groups is 1. The maximum Gasteiger partial charge on any atom is 0.335 e. The smallest absolute Gasteiger partial charge is 0.335 e. The van der Waals surface area contributed by atoms with Crippen LogP contribution in [0.2, 0.25) is 0 Å². The normalized spacial score (nSPS) is 15.0. The van der Waals surface area contributed by atoms with E-state index in [-0.39, 0.29) is 36.2 Å². The lowest BCUT2D eigenvalue weighted by Gasteiger charge is -2.14. The second kappa shape index (κ2) is 9.64. The number of anilines is 1. The highest BCUT2D eigenvalue weighted by Gasteiger charge is 2.31. The highest BCUT2D eigenvalue weighted by molar-refractivity contribution is 8.26. The van der Waals surface area contributed by atoms with Gasteiger partial charge in [0.15, 0.2) is 0 Å². The van der Waals surface area contributed by atoms with Gasteiger partial charge in [-0.1, -0.05) is 42.2 Å². The molecule has 0 aliphatic carbocycles. The number of hydrogen-bond acceptors (Lipinski definition) is 5. The van der Waals surface area contributed by atoms with E-state index < -0.39 is 5.97 Å². The van der Waals surface area contributed by atoms with Gasteiger partial charge in [-0.05, 0) is 48.4 Å². The summed E-state index contributed by atoms with van der Waals surface area (Å²) in [6.07, 6.45) is 2.19. The average Bonchev–Trinajstić information content (AvgIpc) is 2.97. The Balaban J connectivity index is 1.53. The quantitative estimate of drug-likeness (QED) is 0.493. The van der Waals surface area contributed by atoms with Crippen molar-refractivity contribution in [2.45, 2.75) is 12.8 Å². The summed E-state index contributed by atoms with van der Waals surface area (Å²) in [7, 11) is 0. The van der Waals surface area contributed by atoms with Crippen molar-refractivity contribution in [3.63, 3.8) is 0 Å². The average molecular weight is 445 g/mol. The monoisotopic (exact) mass is 444 g/mol. The summed E-state index contributed by atoms with van der Waals surface area (Å²) < 4.78 is 13.4. The number of amides is 2. The molecule has 0 unspecified atom stereocenters. The second-order valence-corrected chi connectivity index (χ2v) is 8.10. The number of rotatable bonds is 7. The van der Waals surface area contributed by atoms with Gasteiger partial charge >= 0.3 is 5.97 Å². The molecule has 30 heavy (non-hydrogen) atoms. The Bertz CT molecular complexity index is 1040. The summed E-state index contributed by atoms with van der Waals surface area (Å²) in [6, 6.07) is 11.8. The van der Waals surface area contributed by atoms with Crippen molar-refractivity contribution in [3.8, 4) is 0 Å². The Morgan fingerprint density at radius 2 is 1.93 bits per heavy atom. The molecule has 9 heteroatoms. The summed E-state index contributed by atoms with van der Waals surface area (Å²) in [6.45, 7) is 0.286. The molecule has 0 saturated carbocycles. The SMILES string of the molecule is O=C(CCCN1C(=O)/C(=C/c2ccc(F)cc2)SC1=S)Nc1cccc(C(=O)O)c1. The molecule has 0 atom stereocenters. The molecule has 0 spiro atoms. The van der Waals surface area contributed by atoms with Gasteiger partial charge in [-0.2, -0.15) is 0 Å². The van der Waals surface area contributed by atoms with E-state index in [1.165, 1.54) is 40.9 Å². The van der Waals surface area contributed by atoms with Crippen molar-refractivity contribution in [1.82, 2.24) is 4.90 Å². The zero-order valence-corrected chi connectivity index (χ0v) is 17.3. The lowest BCUT2D eigenvalue weighted by molar-refractivity contribution is -0.122. The summed E-state index contributed by atoms with van der Waals surface area (Å²) >= 11 is 6.43. The molecule has 1 aliphatic rings. The molecular weight excluding hydrogens is 427 g/mol. The van der Waals surface area contributed by atoms with E-state index in [1.54, 1.807) is 30.3 Å². The third-order valence-corrected chi connectivity index (χ3v) is 5.60. The van der Waals surface area contributed by atoms with Crippen LogP contribution in [0.25, 0.3) is 6.08 Å². The first-order valence-corrected chi connectivity index (χ1v) is 10.2. The molecule has 1 fully saturated rings. The molecule has 1 aliphatic heterocycles. The Morgan fingerprint density at radius 3 is 2.63 bits per heavy atom. The fourth-order valence-corrected chi connectivity index (χ4v) is 4.06. The maximum absolute atomic E-state index is 13.0. The predicted octanol–water partition coefficient (Wildman–Crippen LogP) is 4.14. The van der Waals surface area contributed by atoms with Gasteiger partial charge in [-0.25, -0.2) is 9.18 Å². The number of nitrogens with one attached hydrogen (secondary N) is 1. The molecule has 2 aromatic rings. The first kappa shape index (κ1) is 21.7. The number of nitrogens with zero attached hydrogens (tertiary/aromatic N) is 1. The number of carboxylic acid groups (broad SMARTS) is 1. The van der Waals surface area contributed by atoms with Gasteiger partial charge in [0.1, 0.15) is 10.1 Å². The van der Waals surface area contributed by atoms with Crippen LogP contribution in [-0.2, 0) is 9.59 Å². The molecule has 0 radical (unpaired) electrons. The van der Waals surface area contributed by atoms with Crippen LogP contribution >= 0.6 is 24.0 Å². The van der Waals surface area contributed by atoms with E-state index in [0.717, 1.165) is 0 Å². The maximum atomic E-state index is 13.0. The number of hydrogen-bond donors (Lipinski definition) is 2. The Morgan fingerprint density at radius 1 is 1.20 bits per heavy atom. The summed E-state index contributed by atoms with van der Waals surface area (Å²) in [5.74, 6) is -1.96. The van der Waals surface area contributed by atoms with Gasteiger partial charge in [0.05, 0.1) is 10.5 Å². The largest absolute Gasteiger partial charge is 0.478 e. The van der Waals surface area contributed by atoms with Crippen LogP contribution in [0.15, 0.2) is 53.4 Å². The number of carbonyl (C=O) groups excluding carboxylic acids is 2. The first-order chi connectivity index (χ1) is 14.3. The number of benzene rings is 2. The third-order valence-electron chi connectivity index (χ3n) is 4.22. The molecule has 1 saturated heterocycles. The Kier molecular flexibility index (Phi) is 6.96. The van der Waals surface area contributed by atoms with Crippen LogP contribution in [0, 0.1) is 5.82 Å². The molecule has 154 valence electrons. The minimum atomic E-state index is -1.07. The minimum Gasteiger partial charge on any atom is -0.478 e. The molecule has 2 amide bonds. The summed E-state index contributed by atoms with van der Waals surface area (Å²) in [4.78, 5) is 37.6. The molecule has 1 heterocycles. The van der Waals surface area contributed by atoms with Gasteiger partial charge in [0.2, 0.25) is 5.91 Å². The number of carbonyl (C=O) groups is 3. The van der Waals surface area contributed by atoms with Crippen molar-refractivity contribution < 1.29 is 23.9 Å². The highest BCUT2D eigenvalue weighted by Crippen LogP contribution is 2.32. The van der Waals surface area contributed by atoms with E-state index in [4.69, 9.17) is 17.3 Å². The molecule has 6 nitrogen and oxygen atoms in total. The van der Waals surface area contributed by atoms with E-state index in [1.807, 2.05) is 0 Å². The lowest BCUT2D eigenvalue weighted by Crippen LogP contribution is -2.29. The molecule has 0 bridgehead atoms. The number of carboxylic acids is 1. The molecule has 3 rings (SSSR count). The Hall–Kier alpha value is -3.04. The van der Waals surface area contributed by atoms with E-state index in [0.29, 0.717) is 26.9 Å². The minimum absolute atomic E-state index is 0.0818. The van der Waals surface area contributed by atoms with Crippen LogP contribution in [0.1, 0.15) is 28.8 Å². The zero-order valence-electron chi connectivity index (χ0n) is 15.6. The molecule has 2 aromatic carbocycles. The third kappa shape index (κ3) is 5.52. The number of halogens is 1. The molecule has 0 aromatic heterocycles. The second-order valence-electron chi connectivity index (χ2n) is 6.42.